The Morgan fingerprint density at radius 2 is 2.33 bits per heavy atom. The SMILES string of the molecule is CC(N)CSCc1cccc(C#N)c1F. The minimum Gasteiger partial charge on any atom is -0.327 e. The summed E-state index contributed by atoms with van der Waals surface area (Å²) in [6.07, 6.45) is 0. The molecule has 0 amide bonds. The lowest BCUT2D eigenvalue weighted by Crippen LogP contribution is -2.17. The molecule has 0 saturated heterocycles. The highest BCUT2D eigenvalue weighted by atomic mass is 32.2. The smallest absolute Gasteiger partial charge is 0.144 e. The van der Waals surface area contributed by atoms with Crippen molar-refractivity contribution in [1.29, 1.82) is 5.26 Å². The number of benzene rings is 1. The molecular formula is C11H13FN2S. The molecule has 0 radical (unpaired) electrons. The quantitative estimate of drug-likeness (QED) is 0.853. The predicted molar refractivity (Wildman–Crippen MR) is 60.9 cm³/mol. The molecular weight excluding hydrogens is 211 g/mol. The Balaban J connectivity index is 2.66. The third kappa shape index (κ3) is 3.54. The standard InChI is InChI=1S/C11H13FN2S/c1-8(14)6-15-7-10-4-2-3-9(5-13)11(10)12/h2-4,8H,6-7,14H2,1H3. The Kier molecular flexibility index (Phi) is 4.60. The van der Waals surface area contributed by atoms with Crippen LogP contribution in [-0.2, 0) is 5.75 Å². The second-order valence-electron chi connectivity index (χ2n) is 3.38. The van der Waals surface area contributed by atoms with E-state index in [1.54, 1.807) is 23.9 Å². The van der Waals surface area contributed by atoms with Crippen LogP contribution in [0.15, 0.2) is 18.2 Å². The number of nitrogens with zero attached hydrogens (tertiary/aromatic N) is 1. The van der Waals surface area contributed by atoms with Crippen molar-refractivity contribution in [2.24, 2.45) is 5.73 Å². The van der Waals surface area contributed by atoms with Crippen LogP contribution in [0.5, 0.6) is 0 Å². The van der Waals surface area contributed by atoms with Crippen molar-refractivity contribution in [2.45, 2.75) is 18.7 Å². The van der Waals surface area contributed by atoms with Gasteiger partial charge in [-0.05, 0) is 18.6 Å². The maximum Gasteiger partial charge on any atom is 0.144 e. The van der Waals surface area contributed by atoms with Crippen LogP contribution in [0.1, 0.15) is 18.1 Å². The molecule has 15 heavy (non-hydrogen) atoms. The van der Waals surface area contributed by atoms with Crippen molar-refractivity contribution in [2.75, 3.05) is 5.75 Å². The first kappa shape index (κ1) is 12.0. The lowest BCUT2D eigenvalue weighted by Gasteiger charge is -2.06. The Morgan fingerprint density at radius 3 is 2.93 bits per heavy atom. The summed E-state index contributed by atoms with van der Waals surface area (Å²) in [7, 11) is 0. The summed E-state index contributed by atoms with van der Waals surface area (Å²) in [6.45, 7) is 1.91. The number of hydrogen-bond acceptors (Lipinski definition) is 3. The molecule has 80 valence electrons. The van der Waals surface area contributed by atoms with Crippen molar-refractivity contribution in [3.63, 3.8) is 0 Å². The minimum absolute atomic E-state index is 0.105. The molecule has 0 heterocycles. The van der Waals surface area contributed by atoms with Gasteiger partial charge in [0.2, 0.25) is 0 Å². The van der Waals surface area contributed by atoms with E-state index in [1.165, 1.54) is 6.07 Å². The summed E-state index contributed by atoms with van der Waals surface area (Å²) in [4.78, 5) is 0. The summed E-state index contributed by atoms with van der Waals surface area (Å²) >= 11 is 1.57. The molecule has 0 aromatic heterocycles. The second-order valence-corrected chi connectivity index (χ2v) is 4.41. The average molecular weight is 224 g/mol. The first-order valence-corrected chi connectivity index (χ1v) is 5.81. The van der Waals surface area contributed by atoms with Gasteiger partial charge in [0.25, 0.3) is 0 Å². The van der Waals surface area contributed by atoms with Gasteiger partial charge in [0, 0.05) is 17.5 Å². The van der Waals surface area contributed by atoms with Gasteiger partial charge in [0.05, 0.1) is 5.56 Å². The number of nitriles is 1. The molecule has 1 unspecified atom stereocenters. The first-order chi connectivity index (χ1) is 7.15. The zero-order valence-corrected chi connectivity index (χ0v) is 9.35. The number of thioether (sulfide) groups is 1. The van der Waals surface area contributed by atoms with Crippen LogP contribution in [0.25, 0.3) is 0 Å². The molecule has 0 bridgehead atoms. The Morgan fingerprint density at radius 1 is 1.60 bits per heavy atom. The third-order valence-corrected chi connectivity index (χ3v) is 3.11. The minimum atomic E-state index is -0.405. The molecule has 1 aromatic carbocycles. The topological polar surface area (TPSA) is 49.8 Å². The van der Waals surface area contributed by atoms with Gasteiger partial charge in [-0.25, -0.2) is 4.39 Å². The molecule has 0 saturated carbocycles. The molecule has 0 spiro atoms. The zero-order valence-electron chi connectivity index (χ0n) is 8.53. The van der Waals surface area contributed by atoms with Crippen LogP contribution >= 0.6 is 11.8 Å². The summed E-state index contributed by atoms with van der Waals surface area (Å²) in [5.41, 5.74) is 6.26. The molecule has 1 aromatic rings. The number of halogens is 1. The molecule has 0 aliphatic rings. The van der Waals surface area contributed by atoms with Gasteiger partial charge in [0.1, 0.15) is 11.9 Å². The van der Waals surface area contributed by atoms with Crippen LogP contribution in [0.4, 0.5) is 4.39 Å². The van der Waals surface area contributed by atoms with Gasteiger partial charge in [-0.15, -0.1) is 0 Å². The van der Waals surface area contributed by atoms with Crippen LogP contribution in [0.2, 0.25) is 0 Å². The van der Waals surface area contributed by atoms with Gasteiger partial charge in [0.15, 0.2) is 0 Å². The van der Waals surface area contributed by atoms with Crippen LogP contribution in [-0.4, -0.2) is 11.8 Å². The molecule has 2 nitrogen and oxygen atoms in total. The number of rotatable bonds is 4. The van der Waals surface area contributed by atoms with E-state index in [0.29, 0.717) is 11.3 Å². The van der Waals surface area contributed by atoms with Gasteiger partial charge < -0.3 is 5.73 Å². The Labute approximate surface area is 93.3 Å². The molecule has 2 N–H and O–H groups in total. The summed E-state index contributed by atoms with van der Waals surface area (Å²) in [5, 5.41) is 8.64. The fraction of sp³-hybridized carbons (Fsp3) is 0.364. The molecule has 1 atom stereocenters. The normalized spacial score (nSPS) is 12.1. The highest BCUT2D eigenvalue weighted by Gasteiger charge is 2.07. The lowest BCUT2D eigenvalue weighted by atomic mass is 10.1. The third-order valence-electron chi connectivity index (χ3n) is 1.84. The first-order valence-electron chi connectivity index (χ1n) is 4.66. The number of hydrogen-bond donors (Lipinski definition) is 1. The van der Waals surface area contributed by atoms with Gasteiger partial charge in [-0.2, -0.15) is 17.0 Å². The highest BCUT2D eigenvalue weighted by molar-refractivity contribution is 7.98. The second kappa shape index (κ2) is 5.74. The average Bonchev–Trinajstić information content (AvgIpc) is 2.20. The van der Waals surface area contributed by atoms with Crippen LogP contribution in [0, 0.1) is 17.1 Å². The van der Waals surface area contributed by atoms with E-state index in [2.05, 4.69) is 0 Å². The fourth-order valence-electron chi connectivity index (χ4n) is 1.13. The van der Waals surface area contributed by atoms with E-state index in [4.69, 9.17) is 11.0 Å². The van der Waals surface area contributed by atoms with Crippen molar-refractivity contribution >= 4 is 11.8 Å². The van der Waals surface area contributed by atoms with Gasteiger partial charge in [-0.1, -0.05) is 12.1 Å². The van der Waals surface area contributed by atoms with E-state index >= 15 is 0 Å². The lowest BCUT2D eigenvalue weighted by molar-refractivity contribution is 0.613. The van der Waals surface area contributed by atoms with Crippen molar-refractivity contribution in [3.05, 3.63) is 35.1 Å². The Bertz CT molecular complexity index is 371. The van der Waals surface area contributed by atoms with Gasteiger partial charge in [-0.3, -0.25) is 0 Å². The summed E-state index contributed by atoms with van der Waals surface area (Å²) < 4.78 is 13.5. The highest BCUT2D eigenvalue weighted by Crippen LogP contribution is 2.18. The van der Waals surface area contributed by atoms with Crippen LogP contribution in [0.3, 0.4) is 0 Å². The maximum absolute atomic E-state index is 13.5. The van der Waals surface area contributed by atoms with E-state index in [1.807, 2.05) is 13.0 Å². The monoisotopic (exact) mass is 224 g/mol. The summed E-state index contributed by atoms with van der Waals surface area (Å²) in [6, 6.07) is 6.81. The summed E-state index contributed by atoms with van der Waals surface area (Å²) in [5.74, 6) is 0.941. The van der Waals surface area contributed by atoms with Crippen molar-refractivity contribution in [1.82, 2.24) is 0 Å². The number of nitrogens with two attached hydrogens (primary N) is 1. The predicted octanol–water partition coefficient (Wildman–Crippen LogP) is 2.28. The zero-order chi connectivity index (χ0) is 11.3. The van der Waals surface area contributed by atoms with E-state index in [9.17, 15) is 4.39 Å². The fourth-order valence-corrected chi connectivity index (χ4v) is 2.06. The van der Waals surface area contributed by atoms with Gasteiger partial charge >= 0.3 is 0 Å². The van der Waals surface area contributed by atoms with Crippen LogP contribution < -0.4 is 5.73 Å². The molecule has 0 aliphatic carbocycles. The largest absolute Gasteiger partial charge is 0.327 e. The molecule has 0 fully saturated rings. The van der Waals surface area contributed by atoms with E-state index < -0.39 is 5.82 Å². The Hall–Kier alpha value is -1.05. The molecule has 4 heteroatoms. The molecule has 1 rings (SSSR count). The van der Waals surface area contributed by atoms with Crippen molar-refractivity contribution < 1.29 is 4.39 Å². The van der Waals surface area contributed by atoms with E-state index in [-0.39, 0.29) is 11.6 Å². The van der Waals surface area contributed by atoms with Crippen molar-refractivity contribution in [3.8, 4) is 6.07 Å². The maximum atomic E-state index is 13.5. The van der Waals surface area contributed by atoms with E-state index in [0.717, 1.165) is 5.75 Å². The molecule has 0 aliphatic heterocycles.